The molecule has 0 bridgehead atoms. The number of aryl methyl sites for hydroxylation is 1. The SMILES string of the molecule is CCCCCCCCCCCOc1ccccc1CCC(=O)O[C@@H]1CCOC[C@H]1OP(=O)(O)OC[C@H](N)C(=O)O. The Labute approximate surface area is 237 Å². The molecule has 1 fully saturated rings. The maximum Gasteiger partial charge on any atom is 0.472 e. The van der Waals surface area contributed by atoms with Crippen LogP contribution in [0.3, 0.4) is 0 Å². The molecule has 40 heavy (non-hydrogen) atoms. The van der Waals surface area contributed by atoms with Gasteiger partial charge in [0.05, 0.1) is 26.4 Å². The third kappa shape index (κ3) is 14.1. The first kappa shape index (κ1) is 34.2. The van der Waals surface area contributed by atoms with Crippen molar-refractivity contribution in [2.45, 2.75) is 102 Å². The molecule has 12 heteroatoms. The molecule has 0 amide bonds. The number of phosphoric ester groups is 1. The predicted molar refractivity (Wildman–Crippen MR) is 149 cm³/mol. The number of ether oxygens (including phenoxy) is 3. The van der Waals surface area contributed by atoms with Crippen LogP contribution < -0.4 is 10.5 Å². The van der Waals surface area contributed by atoms with Crippen molar-refractivity contribution in [3.8, 4) is 5.75 Å². The number of esters is 1. The van der Waals surface area contributed by atoms with E-state index in [1.165, 1.54) is 44.9 Å². The average molecular weight is 588 g/mol. The molecule has 1 aromatic carbocycles. The number of carbonyl (C=O) groups is 2. The molecule has 0 radical (unpaired) electrons. The maximum atomic E-state index is 12.6. The van der Waals surface area contributed by atoms with E-state index in [4.69, 9.17) is 29.6 Å². The van der Waals surface area contributed by atoms with E-state index in [0.29, 0.717) is 13.0 Å². The molecule has 11 nitrogen and oxygen atoms in total. The van der Waals surface area contributed by atoms with E-state index in [1.807, 2.05) is 24.3 Å². The number of benzene rings is 1. The highest BCUT2D eigenvalue weighted by Crippen LogP contribution is 2.46. The van der Waals surface area contributed by atoms with Gasteiger partial charge in [-0.1, -0.05) is 76.5 Å². The fourth-order valence-electron chi connectivity index (χ4n) is 4.28. The van der Waals surface area contributed by atoms with Crippen LogP contribution in [0.1, 0.15) is 83.1 Å². The summed E-state index contributed by atoms with van der Waals surface area (Å²) in [4.78, 5) is 33.4. The first-order chi connectivity index (χ1) is 19.2. The van der Waals surface area contributed by atoms with Crippen LogP contribution in [0.4, 0.5) is 0 Å². The van der Waals surface area contributed by atoms with Crippen molar-refractivity contribution in [1.29, 1.82) is 0 Å². The Balaban J connectivity index is 1.74. The zero-order valence-electron chi connectivity index (χ0n) is 23.5. The van der Waals surface area contributed by atoms with Crippen molar-refractivity contribution in [3.63, 3.8) is 0 Å². The summed E-state index contributed by atoms with van der Waals surface area (Å²) in [5.74, 6) is -1.13. The van der Waals surface area contributed by atoms with Gasteiger partial charge in [-0.05, 0) is 24.5 Å². The van der Waals surface area contributed by atoms with Crippen LogP contribution in [0.25, 0.3) is 0 Å². The zero-order chi connectivity index (χ0) is 29.2. The Morgan fingerprint density at radius 2 is 1.75 bits per heavy atom. The number of carboxylic acid groups (broad SMARTS) is 1. The first-order valence-corrected chi connectivity index (χ1v) is 15.8. The van der Waals surface area contributed by atoms with E-state index in [9.17, 15) is 19.0 Å². The fourth-order valence-corrected chi connectivity index (χ4v) is 5.23. The largest absolute Gasteiger partial charge is 0.493 e. The molecule has 4 atom stereocenters. The Kier molecular flexibility index (Phi) is 16.4. The van der Waals surface area contributed by atoms with Gasteiger partial charge in [-0.25, -0.2) is 4.57 Å². The van der Waals surface area contributed by atoms with Crippen LogP contribution in [0.5, 0.6) is 5.75 Å². The molecular formula is C28H46NO10P. The van der Waals surface area contributed by atoms with Gasteiger partial charge in [0.2, 0.25) is 0 Å². The number of phosphoric acid groups is 1. The van der Waals surface area contributed by atoms with E-state index >= 15 is 0 Å². The van der Waals surface area contributed by atoms with Crippen molar-refractivity contribution in [1.82, 2.24) is 0 Å². The van der Waals surface area contributed by atoms with Crippen LogP contribution in [-0.2, 0) is 39.1 Å². The number of hydrogen-bond acceptors (Lipinski definition) is 9. The summed E-state index contributed by atoms with van der Waals surface area (Å²) in [6.45, 7) is 2.33. The molecule has 1 aliphatic rings. The average Bonchev–Trinajstić information content (AvgIpc) is 2.93. The van der Waals surface area contributed by atoms with Gasteiger partial charge in [-0.15, -0.1) is 0 Å². The smallest absolute Gasteiger partial charge is 0.472 e. The molecule has 0 aliphatic carbocycles. The van der Waals surface area contributed by atoms with Crippen molar-refractivity contribution in [3.05, 3.63) is 29.8 Å². The molecule has 1 aliphatic heterocycles. The number of unbranched alkanes of at least 4 members (excludes halogenated alkanes) is 8. The minimum absolute atomic E-state index is 0.0865. The van der Waals surface area contributed by atoms with Gasteiger partial charge >= 0.3 is 19.8 Å². The molecule has 1 heterocycles. The molecule has 1 saturated heterocycles. The quantitative estimate of drug-likeness (QED) is 0.103. The lowest BCUT2D eigenvalue weighted by molar-refractivity contribution is -0.164. The van der Waals surface area contributed by atoms with Gasteiger partial charge in [0.15, 0.2) is 0 Å². The maximum absolute atomic E-state index is 12.6. The Bertz CT molecular complexity index is 930. The highest BCUT2D eigenvalue weighted by atomic mass is 31.2. The lowest BCUT2D eigenvalue weighted by Gasteiger charge is -2.31. The monoisotopic (exact) mass is 587 g/mol. The number of carbonyl (C=O) groups excluding carboxylic acids is 1. The van der Waals surface area contributed by atoms with Crippen molar-refractivity contribution < 1.29 is 47.4 Å². The van der Waals surface area contributed by atoms with Crippen molar-refractivity contribution in [2.75, 3.05) is 26.4 Å². The lowest BCUT2D eigenvalue weighted by Crippen LogP contribution is -2.41. The Morgan fingerprint density at radius 3 is 2.45 bits per heavy atom. The molecule has 0 saturated carbocycles. The minimum atomic E-state index is -4.66. The van der Waals surface area contributed by atoms with E-state index in [2.05, 4.69) is 11.4 Å². The second-order valence-corrected chi connectivity index (χ2v) is 11.4. The second-order valence-electron chi connectivity index (χ2n) is 10.0. The van der Waals surface area contributed by atoms with Crippen LogP contribution in [0, 0.1) is 0 Å². The molecule has 4 N–H and O–H groups in total. The molecule has 228 valence electrons. The van der Waals surface area contributed by atoms with E-state index in [-0.39, 0.29) is 26.1 Å². The molecule has 0 aromatic heterocycles. The molecule has 1 aromatic rings. The summed E-state index contributed by atoms with van der Waals surface area (Å²) in [5.41, 5.74) is 6.20. The highest BCUT2D eigenvalue weighted by Gasteiger charge is 2.37. The third-order valence-corrected chi connectivity index (χ3v) is 7.62. The number of aliphatic carboxylic acids is 1. The molecule has 2 rings (SSSR count). The summed E-state index contributed by atoms with van der Waals surface area (Å²) >= 11 is 0. The Hall–Kier alpha value is -2.01. The number of hydrogen-bond donors (Lipinski definition) is 3. The minimum Gasteiger partial charge on any atom is -0.493 e. The molecule has 0 spiro atoms. The summed E-state index contributed by atoms with van der Waals surface area (Å²) < 4.78 is 38.9. The van der Waals surface area contributed by atoms with Gasteiger partial charge < -0.3 is 29.9 Å². The third-order valence-electron chi connectivity index (χ3n) is 6.61. The highest BCUT2D eigenvalue weighted by molar-refractivity contribution is 7.47. The van der Waals surface area contributed by atoms with Gasteiger partial charge in [-0.2, -0.15) is 0 Å². The van der Waals surface area contributed by atoms with Gasteiger partial charge in [-0.3, -0.25) is 18.6 Å². The summed E-state index contributed by atoms with van der Waals surface area (Å²) in [7, 11) is -4.66. The number of carboxylic acids is 1. The van der Waals surface area contributed by atoms with E-state index in [1.54, 1.807) is 0 Å². The fraction of sp³-hybridized carbons (Fsp3) is 0.714. The van der Waals surface area contributed by atoms with Gasteiger partial charge in [0, 0.05) is 12.8 Å². The number of rotatable bonds is 21. The first-order valence-electron chi connectivity index (χ1n) is 14.3. The number of nitrogens with two attached hydrogens (primary N) is 1. The van der Waals surface area contributed by atoms with E-state index in [0.717, 1.165) is 24.2 Å². The van der Waals surface area contributed by atoms with Crippen molar-refractivity contribution in [2.24, 2.45) is 5.73 Å². The second kappa shape index (κ2) is 19.2. The zero-order valence-corrected chi connectivity index (χ0v) is 24.4. The van der Waals surface area contributed by atoms with Crippen LogP contribution in [0.2, 0.25) is 0 Å². The standard InChI is InChI=1S/C28H46NO10P/c1-2-3-4-5-6-7-8-9-12-18-36-24-14-11-10-13-22(24)15-16-27(30)38-25-17-19-35-21-26(25)39-40(33,34)37-20-23(29)28(31)32/h10-11,13-14,23,25-26H,2-9,12,15-21,29H2,1H3,(H,31,32)(H,33,34)/t23-,25+,26+/m0/s1. The lowest BCUT2D eigenvalue weighted by atomic mass is 10.1. The summed E-state index contributed by atoms with van der Waals surface area (Å²) in [5, 5.41) is 8.80. The van der Waals surface area contributed by atoms with Gasteiger partial charge in [0.1, 0.15) is 24.0 Å². The van der Waals surface area contributed by atoms with Crippen LogP contribution in [-0.4, -0.2) is 66.6 Å². The molecule has 1 unspecified atom stereocenters. The van der Waals surface area contributed by atoms with Crippen LogP contribution in [0.15, 0.2) is 24.3 Å². The summed E-state index contributed by atoms with van der Waals surface area (Å²) in [6, 6.07) is 6.11. The normalized spacial score (nSPS) is 19.5. The van der Waals surface area contributed by atoms with Gasteiger partial charge in [0.25, 0.3) is 0 Å². The Morgan fingerprint density at radius 1 is 1.07 bits per heavy atom. The van der Waals surface area contributed by atoms with Crippen LogP contribution >= 0.6 is 7.82 Å². The topological polar surface area (TPSA) is 164 Å². The molecular weight excluding hydrogens is 541 g/mol. The summed E-state index contributed by atoms with van der Waals surface area (Å²) in [6.07, 6.45) is 10.0. The van der Waals surface area contributed by atoms with E-state index < -0.39 is 44.6 Å². The number of para-hydroxylation sites is 1. The predicted octanol–water partition coefficient (Wildman–Crippen LogP) is 4.78. The van der Waals surface area contributed by atoms with Crippen molar-refractivity contribution >= 4 is 19.8 Å².